The average Bonchev–Trinajstić information content (AvgIpc) is 3.27. The van der Waals surface area contributed by atoms with E-state index in [1.165, 1.54) is 30.4 Å². The molecule has 3 N–H and O–H groups in total. The van der Waals surface area contributed by atoms with Crippen LogP contribution in [-0.2, 0) is 0 Å². The lowest BCUT2D eigenvalue weighted by atomic mass is 9.45. The number of aliphatic hydroxyl groups excluding tert-OH is 1. The van der Waals surface area contributed by atoms with E-state index in [1.807, 2.05) is 29.2 Å². The van der Waals surface area contributed by atoms with Crippen LogP contribution in [0.1, 0.15) is 91.9 Å². The molecule has 6 fully saturated rings. The molecule has 0 unspecified atom stereocenters. The number of hydrogen-bond donors (Lipinski definition) is 3. The van der Waals surface area contributed by atoms with E-state index in [0.29, 0.717) is 42.2 Å². The lowest BCUT2D eigenvalue weighted by Crippen LogP contribution is -2.59. The maximum absolute atomic E-state index is 14.1. The van der Waals surface area contributed by atoms with E-state index in [9.17, 15) is 15.0 Å². The van der Waals surface area contributed by atoms with Gasteiger partial charge in [-0.2, -0.15) is 0 Å². The number of rotatable bonds is 6. The molecule has 0 saturated heterocycles. The Hall–Kier alpha value is -2.31. The highest BCUT2D eigenvalue weighted by molar-refractivity contribution is 5.89. The number of nitrogens with zero attached hydrogens (tertiary/aromatic N) is 1. The van der Waals surface area contributed by atoms with Gasteiger partial charge in [0.15, 0.2) is 0 Å². The van der Waals surface area contributed by atoms with Crippen LogP contribution in [0.4, 0.5) is 10.5 Å². The minimum atomic E-state index is -0.944. The summed E-state index contributed by atoms with van der Waals surface area (Å²) < 4.78 is 5.32. The average molecular weight is 603 g/mol. The summed E-state index contributed by atoms with van der Waals surface area (Å²) in [4.78, 5) is 16.1. The SMILES string of the molecule is COc1ccc(NC(=O)N(C[C@@H]2CC[C@H]3C[C@@H]2C3(C)C)C[C@]2(O)CC[C@H]3C4=CC=C5C[C@@H](O)CC[C@]5(C)[C@H]4CC[C@@]32C)cc1. The standard InChI is InChI=1S/C38H54N2O4/c1-35(2)25-7-6-24(33(35)21-25)22-40(34(42)39-27-9-11-29(44-5)12-10-27)23-38(43)19-16-32-30-13-8-26-20-28(41)14-17-36(26,3)31(30)15-18-37(32,38)4/h8-13,24-25,28,31-33,41,43H,6-7,14-23H2,1-5H3,(H,39,42)/t24-,25-,28-,31-,32-,33-,36-,37-,38+/m0/s1. The van der Waals surface area contributed by atoms with Crippen molar-refractivity contribution < 1.29 is 19.7 Å². The molecule has 0 aliphatic heterocycles. The van der Waals surface area contributed by atoms with Gasteiger partial charge in [0.2, 0.25) is 0 Å². The van der Waals surface area contributed by atoms with E-state index < -0.39 is 5.60 Å². The number of carbonyl (C=O) groups is 1. The van der Waals surface area contributed by atoms with E-state index in [4.69, 9.17) is 4.74 Å². The molecule has 6 heteroatoms. The predicted molar refractivity (Wildman–Crippen MR) is 174 cm³/mol. The smallest absolute Gasteiger partial charge is 0.321 e. The van der Waals surface area contributed by atoms with Gasteiger partial charge in [-0.15, -0.1) is 0 Å². The number of ether oxygens (including phenoxy) is 1. The van der Waals surface area contributed by atoms with Crippen molar-refractivity contribution in [2.75, 3.05) is 25.5 Å². The molecule has 0 radical (unpaired) electrons. The molecule has 0 heterocycles. The van der Waals surface area contributed by atoms with E-state index in [0.717, 1.165) is 62.3 Å². The number of nitrogens with one attached hydrogen (secondary N) is 1. The maximum atomic E-state index is 14.1. The molecule has 0 aromatic heterocycles. The molecule has 44 heavy (non-hydrogen) atoms. The topological polar surface area (TPSA) is 82.0 Å². The molecule has 7 aliphatic carbocycles. The number of amides is 2. The van der Waals surface area contributed by atoms with E-state index >= 15 is 0 Å². The number of urea groups is 1. The van der Waals surface area contributed by atoms with E-state index in [1.54, 1.807) is 7.11 Å². The van der Waals surface area contributed by atoms with Crippen molar-refractivity contribution in [3.63, 3.8) is 0 Å². The Balaban J connectivity index is 1.15. The number of carbonyl (C=O) groups excluding carboxylic acids is 1. The van der Waals surface area contributed by atoms with Gasteiger partial charge in [-0.3, -0.25) is 0 Å². The number of fused-ring (bicyclic) bond motifs is 7. The number of methoxy groups -OCH3 is 1. The van der Waals surface area contributed by atoms with Crippen LogP contribution in [0.25, 0.3) is 0 Å². The summed E-state index contributed by atoms with van der Waals surface area (Å²) in [5.74, 6) is 3.48. The Morgan fingerprint density at radius 3 is 2.43 bits per heavy atom. The first-order valence-corrected chi connectivity index (χ1v) is 17.4. The normalized spacial score (nSPS) is 41.6. The Bertz CT molecular complexity index is 1350. The van der Waals surface area contributed by atoms with Gasteiger partial charge in [-0.25, -0.2) is 4.79 Å². The molecule has 6 saturated carbocycles. The Morgan fingerprint density at radius 1 is 0.977 bits per heavy atom. The summed E-state index contributed by atoms with van der Waals surface area (Å²) in [6, 6.07) is 7.41. The van der Waals surface area contributed by atoms with Gasteiger partial charge in [0, 0.05) is 17.6 Å². The van der Waals surface area contributed by atoms with Crippen LogP contribution in [0.5, 0.6) is 5.75 Å². The second kappa shape index (κ2) is 10.6. The monoisotopic (exact) mass is 602 g/mol. The molecular formula is C38H54N2O4. The summed E-state index contributed by atoms with van der Waals surface area (Å²) in [5, 5.41) is 26.3. The first kappa shape index (κ1) is 30.3. The molecule has 2 bridgehead atoms. The third kappa shape index (κ3) is 4.60. The number of allylic oxidation sites excluding steroid dienone is 3. The second-order valence-electron chi connectivity index (χ2n) is 16.5. The largest absolute Gasteiger partial charge is 0.497 e. The summed E-state index contributed by atoms with van der Waals surface area (Å²) in [6.07, 6.45) is 14.6. The highest BCUT2D eigenvalue weighted by Crippen LogP contribution is 2.66. The predicted octanol–water partition coefficient (Wildman–Crippen LogP) is 7.58. The van der Waals surface area contributed by atoms with Gasteiger partial charge in [0.25, 0.3) is 0 Å². The maximum Gasteiger partial charge on any atom is 0.321 e. The number of aliphatic hydroxyl groups is 2. The van der Waals surface area contributed by atoms with Gasteiger partial charge in [0.05, 0.1) is 25.4 Å². The van der Waals surface area contributed by atoms with Gasteiger partial charge in [-0.1, -0.05) is 51.0 Å². The summed E-state index contributed by atoms with van der Waals surface area (Å²) in [5.41, 5.74) is 2.91. The zero-order chi connectivity index (χ0) is 31.1. The lowest BCUT2D eigenvalue weighted by Gasteiger charge is -2.61. The van der Waals surface area contributed by atoms with Crippen LogP contribution < -0.4 is 10.1 Å². The molecular weight excluding hydrogens is 548 g/mol. The van der Waals surface area contributed by atoms with Gasteiger partial charge < -0.3 is 25.2 Å². The molecule has 1 aromatic rings. The highest BCUT2D eigenvalue weighted by Gasteiger charge is 2.63. The Labute approximate surface area is 264 Å². The second-order valence-corrected chi connectivity index (χ2v) is 16.5. The van der Waals surface area contributed by atoms with Gasteiger partial charge >= 0.3 is 6.03 Å². The molecule has 9 atom stereocenters. The highest BCUT2D eigenvalue weighted by atomic mass is 16.5. The van der Waals surface area contributed by atoms with Crippen molar-refractivity contribution in [2.45, 2.75) is 104 Å². The third-order valence-electron chi connectivity index (χ3n) is 14.4. The van der Waals surface area contributed by atoms with Crippen molar-refractivity contribution in [3.8, 4) is 5.75 Å². The molecule has 2 amide bonds. The molecule has 7 aliphatic rings. The quantitative estimate of drug-likeness (QED) is 0.314. The number of benzene rings is 1. The summed E-state index contributed by atoms with van der Waals surface area (Å²) in [7, 11) is 1.65. The molecule has 6 nitrogen and oxygen atoms in total. The van der Waals surface area contributed by atoms with Crippen LogP contribution in [0.3, 0.4) is 0 Å². The molecule has 0 spiro atoms. The van der Waals surface area contributed by atoms with Crippen LogP contribution >= 0.6 is 0 Å². The minimum absolute atomic E-state index is 0.110. The van der Waals surface area contributed by atoms with Crippen LogP contribution in [0.15, 0.2) is 47.6 Å². The minimum Gasteiger partial charge on any atom is -0.497 e. The van der Waals surface area contributed by atoms with Gasteiger partial charge in [-0.05, 0) is 129 Å². The number of anilines is 1. The number of hydrogen-bond acceptors (Lipinski definition) is 4. The summed E-state index contributed by atoms with van der Waals surface area (Å²) >= 11 is 0. The first-order valence-electron chi connectivity index (χ1n) is 17.4. The van der Waals surface area contributed by atoms with Crippen molar-refractivity contribution in [1.82, 2.24) is 4.90 Å². The van der Waals surface area contributed by atoms with Crippen molar-refractivity contribution in [1.29, 1.82) is 0 Å². The third-order valence-corrected chi connectivity index (χ3v) is 14.4. The van der Waals surface area contributed by atoms with Crippen LogP contribution in [-0.4, -0.2) is 53.0 Å². The van der Waals surface area contributed by atoms with Crippen LogP contribution in [0, 0.1) is 45.8 Å². The Kier molecular flexibility index (Phi) is 7.33. The van der Waals surface area contributed by atoms with Crippen molar-refractivity contribution in [2.24, 2.45) is 45.8 Å². The zero-order valence-corrected chi connectivity index (χ0v) is 27.6. The lowest BCUT2D eigenvalue weighted by molar-refractivity contribution is -0.121. The fourth-order valence-electron chi connectivity index (χ4n) is 11.2. The fraction of sp³-hybridized carbons (Fsp3) is 0.711. The fourth-order valence-corrected chi connectivity index (χ4v) is 11.2. The van der Waals surface area contributed by atoms with E-state index in [-0.39, 0.29) is 23.0 Å². The molecule has 1 aromatic carbocycles. The summed E-state index contributed by atoms with van der Waals surface area (Å²) in [6.45, 7) is 10.6. The van der Waals surface area contributed by atoms with Crippen molar-refractivity contribution in [3.05, 3.63) is 47.6 Å². The van der Waals surface area contributed by atoms with Crippen molar-refractivity contribution >= 4 is 11.7 Å². The molecule has 8 rings (SSSR count). The zero-order valence-electron chi connectivity index (χ0n) is 27.6. The first-order chi connectivity index (χ1) is 20.9. The van der Waals surface area contributed by atoms with Crippen LogP contribution in [0.2, 0.25) is 0 Å². The van der Waals surface area contributed by atoms with E-state index in [2.05, 4.69) is 45.2 Å². The van der Waals surface area contributed by atoms with Gasteiger partial charge in [0.1, 0.15) is 5.75 Å². The Morgan fingerprint density at radius 2 is 1.73 bits per heavy atom. The molecule has 240 valence electrons.